The maximum atomic E-state index is 12.3. The van der Waals surface area contributed by atoms with E-state index in [1.54, 1.807) is 13.0 Å². The Kier molecular flexibility index (Phi) is 4.88. The third kappa shape index (κ3) is 3.50. The fourth-order valence-corrected chi connectivity index (χ4v) is 4.75. The molecule has 0 aliphatic heterocycles. The molecular weight excluding hydrogens is 360 g/mol. The molecule has 1 aromatic heterocycles. The predicted molar refractivity (Wildman–Crippen MR) is 109 cm³/mol. The number of nitrogens with one attached hydrogen (secondary N) is 1. The highest BCUT2D eigenvalue weighted by Crippen LogP contribution is 2.35. The Morgan fingerprint density at radius 2 is 1.85 bits per heavy atom. The first-order valence-electron chi connectivity index (χ1n) is 8.81. The molecule has 0 saturated carbocycles. The van der Waals surface area contributed by atoms with Crippen LogP contribution in [0.15, 0.2) is 42.5 Å². The summed E-state index contributed by atoms with van der Waals surface area (Å²) in [6.07, 6.45) is 0. The highest BCUT2D eigenvalue weighted by Gasteiger charge is 2.29. The number of nitro groups is 1. The molecule has 1 heterocycles. The van der Waals surface area contributed by atoms with E-state index in [1.165, 1.54) is 6.07 Å². The Labute approximate surface area is 158 Å². The minimum Gasteiger partial charge on any atom is -0.462 e. The van der Waals surface area contributed by atoms with E-state index in [9.17, 15) is 14.9 Å². The number of fused-ring (bicyclic) bond motifs is 1. The molecule has 0 radical (unpaired) electrons. The van der Waals surface area contributed by atoms with Crippen LogP contribution in [0.4, 0.5) is 5.69 Å². The molecule has 0 bridgehead atoms. The van der Waals surface area contributed by atoms with E-state index in [-0.39, 0.29) is 17.9 Å². The average Bonchev–Trinajstić information content (AvgIpc) is 3.01. The average molecular weight is 382 g/mol. The molecule has 0 saturated heterocycles. The Morgan fingerprint density at radius 3 is 2.41 bits per heavy atom. The topological polar surface area (TPSA) is 85.2 Å². The summed E-state index contributed by atoms with van der Waals surface area (Å²) in [6, 6.07) is 12.8. The van der Waals surface area contributed by atoms with E-state index in [2.05, 4.69) is 24.6 Å². The van der Waals surface area contributed by atoms with Crippen LogP contribution in [0, 0.1) is 10.1 Å². The molecule has 0 fully saturated rings. The number of carbonyl (C=O) groups is 1. The number of carbonyl (C=O) groups excluding carboxylic acids is 1. The van der Waals surface area contributed by atoms with Gasteiger partial charge in [-0.2, -0.15) is 0 Å². The number of nitrogens with zero attached hydrogens (tertiary/aromatic N) is 1. The number of hydrogen-bond donors (Lipinski definition) is 1. The molecule has 0 spiro atoms. The molecule has 3 aromatic rings. The first-order chi connectivity index (χ1) is 12.7. The van der Waals surface area contributed by atoms with Crippen LogP contribution in [-0.4, -0.2) is 30.6 Å². The zero-order valence-corrected chi connectivity index (χ0v) is 16.8. The number of rotatable bonds is 5. The van der Waals surface area contributed by atoms with E-state index in [4.69, 9.17) is 4.74 Å². The Bertz CT molecular complexity index is 1020. The molecule has 140 valence electrons. The lowest BCUT2D eigenvalue weighted by Crippen LogP contribution is -2.39. The van der Waals surface area contributed by atoms with Crippen molar-refractivity contribution in [2.45, 2.75) is 26.6 Å². The monoisotopic (exact) mass is 382 g/mol. The standard InChI is InChI=1S/C20H22N2O4Si/c1-5-26-20(23)14-11-15-17(13-9-7-6-8-10-13)19(27(2,3)4)21-18(15)16(12-14)22(24)25/h6-12,21H,5H2,1-4H3. The van der Waals surface area contributed by atoms with E-state index >= 15 is 0 Å². The molecular formula is C20H22N2O4Si. The maximum absolute atomic E-state index is 12.3. The van der Waals surface area contributed by atoms with Crippen molar-refractivity contribution < 1.29 is 14.5 Å². The van der Waals surface area contributed by atoms with Gasteiger partial charge >= 0.3 is 5.97 Å². The van der Waals surface area contributed by atoms with Gasteiger partial charge in [-0.1, -0.05) is 50.0 Å². The van der Waals surface area contributed by atoms with Gasteiger partial charge in [0.05, 0.1) is 25.2 Å². The number of aromatic amines is 1. The van der Waals surface area contributed by atoms with Crippen molar-refractivity contribution in [3.63, 3.8) is 0 Å². The molecule has 0 atom stereocenters. The number of hydrogen-bond acceptors (Lipinski definition) is 4. The van der Waals surface area contributed by atoms with Gasteiger partial charge in [0.1, 0.15) is 5.52 Å². The second-order valence-corrected chi connectivity index (χ2v) is 12.4. The highest BCUT2D eigenvalue weighted by atomic mass is 28.3. The molecule has 0 aliphatic carbocycles. The zero-order valence-electron chi connectivity index (χ0n) is 15.8. The van der Waals surface area contributed by atoms with Crippen molar-refractivity contribution in [2.75, 3.05) is 6.61 Å². The Balaban J connectivity index is 2.42. The van der Waals surface area contributed by atoms with Crippen molar-refractivity contribution >= 4 is 36.0 Å². The van der Waals surface area contributed by atoms with Crippen LogP contribution in [0.2, 0.25) is 19.6 Å². The van der Waals surface area contributed by atoms with Crippen LogP contribution in [-0.2, 0) is 4.74 Å². The smallest absolute Gasteiger partial charge is 0.338 e. The van der Waals surface area contributed by atoms with Gasteiger partial charge in [-0.05, 0) is 18.6 Å². The van der Waals surface area contributed by atoms with Gasteiger partial charge in [0.15, 0.2) is 0 Å². The van der Waals surface area contributed by atoms with Gasteiger partial charge in [0, 0.05) is 22.3 Å². The van der Waals surface area contributed by atoms with Gasteiger partial charge in [-0.25, -0.2) is 4.79 Å². The number of H-pyrrole nitrogens is 1. The van der Waals surface area contributed by atoms with Gasteiger partial charge < -0.3 is 9.72 Å². The quantitative estimate of drug-likeness (QED) is 0.305. The summed E-state index contributed by atoms with van der Waals surface area (Å²) in [5.41, 5.74) is 2.42. The first kappa shape index (κ1) is 18.8. The van der Waals surface area contributed by atoms with E-state index < -0.39 is 19.0 Å². The van der Waals surface area contributed by atoms with Crippen LogP contribution in [0.1, 0.15) is 17.3 Å². The van der Waals surface area contributed by atoms with Crippen LogP contribution in [0.25, 0.3) is 22.0 Å². The summed E-state index contributed by atoms with van der Waals surface area (Å²) in [5.74, 6) is -0.558. The fourth-order valence-electron chi connectivity index (χ4n) is 3.22. The lowest BCUT2D eigenvalue weighted by molar-refractivity contribution is -0.383. The van der Waals surface area contributed by atoms with Gasteiger partial charge in [-0.15, -0.1) is 0 Å². The summed E-state index contributed by atoms with van der Waals surface area (Å²) >= 11 is 0. The molecule has 0 amide bonds. The lowest BCUT2D eigenvalue weighted by Gasteiger charge is -2.17. The number of ether oxygens (including phenoxy) is 1. The predicted octanol–water partition coefficient (Wildman–Crippen LogP) is 4.47. The first-order valence-corrected chi connectivity index (χ1v) is 12.3. The summed E-state index contributed by atoms with van der Waals surface area (Å²) in [7, 11) is -1.86. The Hall–Kier alpha value is -2.93. The highest BCUT2D eigenvalue weighted by molar-refractivity contribution is 6.89. The summed E-state index contributed by atoms with van der Waals surface area (Å²) < 4.78 is 5.07. The van der Waals surface area contributed by atoms with Crippen molar-refractivity contribution in [1.82, 2.24) is 4.98 Å². The summed E-state index contributed by atoms with van der Waals surface area (Å²) in [6.45, 7) is 8.47. The lowest BCUT2D eigenvalue weighted by atomic mass is 10.0. The normalized spacial score (nSPS) is 11.6. The number of aromatic nitrogens is 1. The van der Waals surface area contributed by atoms with Crippen molar-refractivity contribution in [3.8, 4) is 11.1 Å². The molecule has 6 nitrogen and oxygen atoms in total. The zero-order chi connectivity index (χ0) is 19.8. The van der Waals surface area contributed by atoms with Crippen LogP contribution in [0.3, 0.4) is 0 Å². The molecule has 3 rings (SSSR count). The molecule has 1 N–H and O–H groups in total. The van der Waals surface area contributed by atoms with E-state index in [0.717, 1.165) is 16.4 Å². The SMILES string of the molecule is CCOC(=O)c1cc([N+](=O)[O-])c2[nH]c([Si](C)(C)C)c(-c3ccccc3)c2c1. The number of nitro benzene ring substituents is 1. The number of non-ortho nitro benzene ring substituents is 1. The number of esters is 1. The third-order valence-corrected chi connectivity index (χ3v) is 6.28. The molecule has 2 aromatic carbocycles. The Morgan fingerprint density at radius 1 is 1.19 bits per heavy atom. The van der Waals surface area contributed by atoms with Gasteiger partial charge in [-0.3, -0.25) is 10.1 Å². The largest absolute Gasteiger partial charge is 0.462 e. The molecule has 0 aliphatic rings. The van der Waals surface area contributed by atoms with Gasteiger partial charge in [0.2, 0.25) is 0 Å². The second-order valence-electron chi connectivity index (χ2n) is 7.39. The summed E-state index contributed by atoms with van der Waals surface area (Å²) in [4.78, 5) is 26.8. The molecule has 7 heteroatoms. The van der Waals surface area contributed by atoms with E-state index in [1.807, 2.05) is 30.3 Å². The summed E-state index contributed by atoms with van der Waals surface area (Å²) in [5, 5.41) is 13.4. The van der Waals surface area contributed by atoms with Crippen LogP contribution >= 0.6 is 0 Å². The maximum Gasteiger partial charge on any atom is 0.338 e. The van der Waals surface area contributed by atoms with Crippen LogP contribution < -0.4 is 5.32 Å². The molecule has 27 heavy (non-hydrogen) atoms. The number of benzene rings is 2. The van der Waals surface area contributed by atoms with Crippen molar-refractivity contribution in [2.24, 2.45) is 0 Å². The third-order valence-electron chi connectivity index (χ3n) is 4.41. The van der Waals surface area contributed by atoms with E-state index in [0.29, 0.717) is 10.9 Å². The fraction of sp³-hybridized carbons (Fsp3) is 0.250. The minimum atomic E-state index is -1.86. The second kappa shape index (κ2) is 7.00. The minimum absolute atomic E-state index is 0.114. The molecule has 0 unspecified atom stereocenters. The van der Waals surface area contributed by atoms with Crippen molar-refractivity contribution in [1.29, 1.82) is 0 Å². The van der Waals surface area contributed by atoms with Crippen molar-refractivity contribution in [3.05, 3.63) is 58.1 Å². The van der Waals surface area contributed by atoms with Crippen LogP contribution in [0.5, 0.6) is 0 Å². The van der Waals surface area contributed by atoms with Gasteiger partial charge in [0.25, 0.3) is 5.69 Å².